The minimum absolute atomic E-state index is 0.167. The zero-order chi connectivity index (χ0) is 14.9. The summed E-state index contributed by atoms with van der Waals surface area (Å²) in [6, 6.07) is 6.71. The number of nitrogens with zero attached hydrogens (tertiary/aromatic N) is 1. The molecule has 0 radical (unpaired) electrons. The van der Waals surface area contributed by atoms with Crippen LogP contribution in [0.1, 0.15) is 36.5 Å². The van der Waals surface area contributed by atoms with Gasteiger partial charge in [-0.1, -0.05) is 18.2 Å². The molecule has 2 N–H and O–H groups in total. The standard InChI is InChI=1S/C16H23NO3/c1-11-4-5-13(8-12(11)2)9-17(14-6-7-14)10-16(3,20)15(18)19/h4-5,8,14,20H,6-7,9-10H2,1-3H3,(H,18,19). The fraction of sp³-hybridized carbons (Fsp3) is 0.562. The fourth-order valence-electron chi connectivity index (χ4n) is 2.35. The van der Waals surface area contributed by atoms with Gasteiger partial charge in [0.25, 0.3) is 0 Å². The van der Waals surface area contributed by atoms with Crippen molar-refractivity contribution >= 4 is 5.97 Å². The topological polar surface area (TPSA) is 60.8 Å². The average Bonchev–Trinajstić information content (AvgIpc) is 3.16. The van der Waals surface area contributed by atoms with Crippen LogP contribution in [-0.2, 0) is 11.3 Å². The summed E-state index contributed by atoms with van der Waals surface area (Å²) in [6.07, 6.45) is 2.17. The molecule has 20 heavy (non-hydrogen) atoms. The number of carboxylic acids is 1. The average molecular weight is 277 g/mol. The zero-order valence-corrected chi connectivity index (χ0v) is 12.4. The van der Waals surface area contributed by atoms with Crippen molar-refractivity contribution in [3.8, 4) is 0 Å². The first-order valence-electron chi connectivity index (χ1n) is 7.05. The van der Waals surface area contributed by atoms with E-state index in [-0.39, 0.29) is 6.54 Å². The maximum atomic E-state index is 11.1. The van der Waals surface area contributed by atoms with Crippen molar-refractivity contribution < 1.29 is 15.0 Å². The van der Waals surface area contributed by atoms with Crippen molar-refractivity contribution in [2.24, 2.45) is 0 Å². The van der Waals surface area contributed by atoms with Crippen LogP contribution in [-0.4, -0.2) is 39.3 Å². The van der Waals surface area contributed by atoms with E-state index >= 15 is 0 Å². The molecule has 2 rings (SSSR count). The van der Waals surface area contributed by atoms with E-state index < -0.39 is 11.6 Å². The number of hydrogen-bond donors (Lipinski definition) is 2. The molecule has 1 fully saturated rings. The van der Waals surface area contributed by atoms with Gasteiger partial charge in [0.05, 0.1) is 0 Å². The molecule has 0 heterocycles. The third kappa shape index (κ3) is 3.58. The third-order valence-electron chi connectivity index (χ3n) is 3.99. The van der Waals surface area contributed by atoms with Gasteiger partial charge in [-0.25, -0.2) is 4.79 Å². The molecule has 110 valence electrons. The maximum absolute atomic E-state index is 11.1. The van der Waals surface area contributed by atoms with Gasteiger partial charge in [-0.2, -0.15) is 0 Å². The first-order chi connectivity index (χ1) is 9.29. The highest BCUT2D eigenvalue weighted by Gasteiger charge is 2.38. The first kappa shape index (κ1) is 15.0. The molecule has 1 aliphatic rings. The summed E-state index contributed by atoms with van der Waals surface area (Å²) < 4.78 is 0. The Bertz CT molecular complexity index is 506. The van der Waals surface area contributed by atoms with Crippen LogP contribution in [0.25, 0.3) is 0 Å². The van der Waals surface area contributed by atoms with Gasteiger partial charge >= 0.3 is 5.97 Å². The second-order valence-electron chi connectivity index (χ2n) is 6.13. The molecular formula is C16H23NO3. The Morgan fingerprint density at radius 2 is 2.00 bits per heavy atom. The van der Waals surface area contributed by atoms with Crippen LogP contribution in [0.4, 0.5) is 0 Å². The number of benzene rings is 1. The third-order valence-corrected chi connectivity index (χ3v) is 3.99. The lowest BCUT2D eigenvalue weighted by molar-refractivity contribution is -0.158. The molecule has 1 aromatic carbocycles. The Balaban J connectivity index is 2.10. The Hall–Kier alpha value is -1.39. The Morgan fingerprint density at radius 3 is 2.50 bits per heavy atom. The molecule has 0 aromatic heterocycles. The van der Waals surface area contributed by atoms with E-state index in [1.165, 1.54) is 23.6 Å². The lowest BCUT2D eigenvalue weighted by Gasteiger charge is -2.29. The largest absolute Gasteiger partial charge is 0.479 e. The van der Waals surface area contributed by atoms with Crippen molar-refractivity contribution in [2.45, 2.75) is 51.8 Å². The van der Waals surface area contributed by atoms with Gasteiger partial charge in [0, 0.05) is 19.1 Å². The molecule has 1 aromatic rings. The predicted molar refractivity (Wildman–Crippen MR) is 77.6 cm³/mol. The summed E-state index contributed by atoms with van der Waals surface area (Å²) in [7, 11) is 0. The quantitative estimate of drug-likeness (QED) is 0.836. The Labute approximate surface area is 120 Å². The van der Waals surface area contributed by atoms with Crippen molar-refractivity contribution in [2.75, 3.05) is 6.54 Å². The summed E-state index contributed by atoms with van der Waals surface area (Å²) in [5.41, 5.74) is 1.97. The first-order valence-corrected chi connectivity index (χ1v) is 7.05. The van der Waals surface area contributed by atoms with Gasteiger partial charge < -0.3 is 10.2 Å². The lowest BCUT2D eigenvalue weighted by Crippen LogP contribution is -2.47. The van der Waals surface area contributed by atoms with Crippen molar-refractivity contribution in [1.82, 2.24) is 4.90 Å². The number of carbonyl (C=O) groups is 1. The molecule has 1 unspecified atom stereocenters. The fourth-order valence-corrected chi connectivity index (χ4v) is 2.35. The smallest absolute Gasteiger partial charge is 0.336 e. The molecule has 0 bridgehead atoms. The Morgan fingerprint density at radius 1 is 1.35 bits per heavy atom. The van der Waals surface area contributed by atoms with Crippen LogP contribution < -0.4 is 0 Å². The number of carboxylic acid groups (broad SMARTS) is 1. The monoisotopic (exact) mass is 277 g/mol. The van der Waals surface area contributed by atoms with E-state index in [0.717, 1.165) is 12.8 Å². The van der Waals surface area contributed by atoms with E-state index in [1.807, 2.05) is 0 Å². The molecule has 0 amide bonds. The second-order valence-corrected chi connectivity index (χ2v) is 6.13. The number of aryl methyl sites for hydroxylation is 2. The van der Waals surface area contributed by atoms with Crippen LogP contribution in [0.3, 0.4) is 0 Å². The molecule has 4 heteroatoms. The number of rotatable bonds is 6. The molecule has 1 atom stereocenters. The van der Waals surface area contributed by atoms with E-state index in [9.17, 15) is 9.90 Å². The predicted octanol–water partition coefficient (Wildman–Crippen LogP) is 2.10. The number of hydrogen-bond acceptors (Lipinski definition) is 3. The van der Waals surface area contributed by atoms with Gasteiger partial charge in [-0.15, -0.1) is 0 Å². The minimum Gasteiger partial charge on any atom is -0.479 e. The highest BCUT2D eigenvalue weighted by molar-refractivity contribution is 5.76. The molecule has 1 saturated carbocycles. The zero-order valence-electron chi connectivity index (χ0n) is 12.4. The van der Waals surface area contributed by atoms with Crippen molar-refractivity contribution in [3.05, 3.63) is 34.9 Å². The number of aliphatic hydroxyl groups is 1. The van der Waals surface area contributed by atoms with Crippen LogP contribution in [0, 0.1) is 13.8 Å². The number of aliphatic carboxylic acids is 1. The van der Waals surface area contributed by atoms with E-state index in [4.69, 9.17) is 5.11 Å². The summed E-state index contributed by atoms with van der Waals surface area (Å²) >= 11 is 0. The van der Waals surface area contributed by atoms with Crippen molar-refractivity contribution in [3.63, 3.8) is 0 Å². The van der Waals surface area contributed by atoms with Crippen LogP contribution >= 0.6 is 0 Å². The molecule has 0 saturated heterocycles. The lowest BCUT2D eigenvalue weighted by atomic mass is 10.0. The van der Waals surface area contributed by atoms with Gasteiger partial charge in [0.2, 0.25) is 0 Å². The molecular weight excluding hydrogens is 254 g/mol. The minimum atomic E-state index is -1.69. The Kier molecular flexibility index (Phi) is 4.16. The summed E-state index contributed by atoms with van der Waals surface area (Å²) in [4.78, 5) is 13.2. The van der Waals surface area contributed by atoms with Gasteiger partial charge in [0.15, 0.2) is 5.60 Å². The van der Waals surface area contributed by atoms with E-state index in [2.05, 4.69) is 36.9 Å². The summed E-state index contributed by atoms with van der Waals surface area (Å²) in [5, 5.41) is 19.0. The summed E-state index contributed by atoms with van der Waals surface area (Å²) in [5.74, 6) is -1.16. The van der Waals surface area contributed by atoms with Crippen LogP contribution in [0.5, 0.6) is 0 Å². The normalized spacial score (nSPS) is 18.1. The summed E-state index contributed by atoms with van der Waals surface area (Å²) in [6.45, 7) is 6.38. The SMILES string of the molecule is Cc1ccc(CN(CC(C)(O)C(=O)O)C2CC2)cc1C. The van der Waals surface area contributed by atoms with Crippen molar-refractivity contribution in [1.29, 1.82) is 0 Å². The molecule has 0 aliphatic heterocycles. The highest BCUT2D eigenvalue weighted by atomic mass is 16.4. The highest BCUT2D eigenvalue weighted by Crippen LogP contribution is 2.30. The second kappa shape index (κ2) is 5.54. The van der Waals surface area contributed by atoms with Gasteiger partial charge in [-0.3, -0.25) is 4.90 Å². The molecule has 4 nitrogen and oxygen atoms in total. The van der Waals surface area contributed by atoms with E-state index in [1.54, 1.807) is 0 Å². The van der Waals surface area contributed by atoms with Crippen LogP contribution in [0.2, 0.25) is 0 Å². The molecule has 0 spiro atoms. The maximum Gasteiger partial charge on any atom is 0.336 e. The van der Waals surface area contributed by atoms with Gasteiger partial charge in [0.1, 0.15) is 0 Å². The van der Waals surface area contributed by atoms with Crippen LogP contribution in [0.15, 0.2) is 18.2 Å². The molecule has 1 aliphatic carbocycles. The van der Waals surface area contributed by atoms with E-state index in [0.29, 0.717) is 12.6 Å². The van der Waals surface area contributed by atoms with Gasteiger partial charge in [-0.05, 0) is 50.3 Å².